The van der Waals surface area contributed by atoms with E-state index in [4.69, 9.17) is 23.2 Å². The van der Waals surface area contributed by atoms with Crippen molar-refractivity contribution in [3.05, 3.63) is 51.3 Å². The summed E-state index contributed by atoms with van der Waals surface area (Å²) in [6, 6.07) is 7.52. The minimum Gasteiger partial charge on any atom is -0.335 e. The Balaban J connectivity index is 1.67. The van der Waals surface area contributed by atoms with Crippen molar-refractivity contribution in [2.45, 2.75) is 12.7 Å². The molecule has 0 spiro atoms. The Bertz CT molecular complexity index is 845. The van der Waals surface area contributed by atoms with Gasteiger partial charge in [0.2, 0.25) is 0 Å². The monoisotopic (exact) mass is 420 g/mol. The van der Waals surface area contributed by atoms with Gasteiger partial charge in [0, 0.05) is 44.8 Å². The summed E-state index contributed by atoms with van der Waals surface area (Å²) in [5, 5.41) is 3.38. The van der Waals surface area contributed by atoms with Crippen molar-refractivity contribution in [3.63, 3.8) is 0 Å². The van der Waals surface area contributed by atoms with E-state index in [2.05, 4.69) is 10.00 Å². The van der Waals surface area contributed by atoms with Gasteiger partial charge in [-0.25, -0.2) is 0 Å². The van der Waals surface area contributed by atoms with Crippen molar-refractivity contribution in [3.8, 4) is 0 Å². The van der Waals surface area contributed by atoms with Gasteiger partial charge >= 0.3 is 6.18 Å². The third-order valence-electron chi connectivity index (χ3n) is 4.47. The summed E-state index contributed by atoms with van der Waals surface area (Å²) in [4.78, 5) is 16.3. The van der Waals surface area contributed by atoms with Crippen LogP contribution < -0.4 is 0 Å². The molecule has 2 aromatic rings. The van der Waals surface area contributed by atoms with Crippen LogP contribution in [0.25, 0.3) is 0 Å². The first-order valence-corrected chi connectivity index (χ1v) is 8.99. The number of carbonyl (C=O) groups excluding carboxylic acids is 1. The third-order valence-corrected chi connectivity index (χ3v) is 5.20. The van der Waals surface area contributed by atoms with Gasteiger partial charge in [-0.05, 0) is 11.6 Å². The average Bonchev–Trinajstić information content (AvgIpc) is 2.92. The van der Waals surface area contributed by atoms with Crippen molar-refractivity contribution in [2.24, 2.45) is 7.05 Å². The normalized spacial score (nSPS) is 16.0. The molecule has 3 rings (SSSR count). The zero-order valence-electron chi connectivity index (χ0n) is 14.4. The lowest BCUT2D eigenvalue weighted by molar-refractivity contribution is -0.141. The zero-order chi connectivity index (χ0) is 19.8. The van der Waals surface area contributed by atoms with Crippen molar-refractivity contribution in [2.75, 3.05) is 26.2 Å². The molecule has 0 bridgehead atoms. The molecule has 0 aliphatic carbocycles. The maximum atomic E-state index is 12.9. The molecular formula is C17H17Cl2F3N4O. The number of carbonyl (C=O) groups is 1. The first kappa shape index (κ1) is 20.0. The molecule has 0 unspecified atom stereocenters. The van der Waals surface area contributed by atoms with E-state index in [1.165, 1.54) is 11.9 Å². The van der Waals surface area contributed by atoms with Crippen LogP contribution in [0, 0.1) is 0 Å². The highest BCUT2D eigenvalue weighted by molar-refractivity contribution is 6.34. The van der Waals surface area contributed by atoms with E-state index in [0.717, 1.165) is 10.2 Å². The molecule has 27 heavy (non-hydrogen) atoms. The fourth-order valence-electron chi connectivity index (χ4n) is 3.04. The molecule has 10 heteroatoms. The second kappa shape index (κ2) is 7.69. The largest absolute Gasteiger partial charge is 0.436 e. The molecule has 1 amide bonds. The number of piperazine rings is 1. The van der Waals surface area contributed by atoms with E-state index >= 15 is 0 Å². The number of halogens is 5. The van der Waals surface area contributed by atoms with E-state index < -0.39 is 22.8 Å². The Morgan fingerprint density at radius 3 is 2.33 bits per heavy atom. The van der Waals surface area contributed by atoms with Crippen LogP contribution in [0.3, 0.4) is 0 Å². The highest BCUT2D eigenvalue weighted by Crippen LogP contribution is 2.35. The fourth-order valence-corrected chi connectivity index (χ4v) is 3.58. The van der Waals surface area contributed by atoms with Gasteiger partial charge in [0.1, 0.15) is 10.7 Å². The van der Waals surface area contributed by atoms with Gasteiger partial charge < -0.3 is 4.90 Å². The molecule has 1 aliphatic rings. The summed E-state index contributed by atoms with van der Waals surface area (Å²) in [6.45, 7) is 2.57. The van der Waals surface area contributed by atoms with Crippen LogP contribution in [0.2, 0.25) is 10.0 Å². The second-order valence-corrected chi connectivity index (χ2v) is 7.08. The van der Waals surface area contributed by atoms with Gasteiger partial charge in [-0.2, -0.15) is 18.3 Å². The van der Waals surface area contributed by atoms with E-state index in [9.17, 15) is 18.0 Å². The third kappa shape index (κ3) is 4.23. The molecule has 0 atom stereocenters. The quantitative estimate of drug-likeness (QED) is 0.759. The van der Waals surface area contributed by atoms with Crippen LogP contribution in [-0.4, -0.2) is 51.7 Å². The number of rotatable bonds is 3. The van der Waals surface area contributed by atoms with Crippen LogP contribution in [0.15, 0.2) is 24.3 Å². The van der Waals surface area contributed by atoms with Crippen molar-refractivity contribution in [1.29, 1.82) is 0 Å². The van der Waals surface area contributed by atoms with Crippen LogP contribution in [0.1, 0.15) is 21.7 Å². The molecular weight excluding hydrogens is 404 g/mol. The van der Waals surface area contributed by atoms with Crippen molar-refractivity contribution in [1.82, 2.24) is 19.6 Å². The maximum Gasteiger partial charge on any atom is 0.436 e. The highest BCUT2D eigenvalue weighted by atomic mass is 35.5. The summed E-state index contributed by atoms with van der Waals surface area (Å²) in [5.41, 5.74) is -0.501. The van der Waals surface area contributed by atoms with Crippen molar-refractivity contribution >= 4 is 29.1 Å². The Hall–Kier alpha value is -1.77. The number of aromatic nitrogens is 2. The number of hydrogen-bond acceptors (Lipinski definition) is 3. The lowest BCUT2D eigenvalue weighted by atomic mass is 10.2. The van der Waals surface area contributed by atoms with Gasteiger partial charge in [-0.1, -0.05) is 41.4 Å². The summed E-state index contributed by atoms with van der Waals surface area (Å²) in [7, 11) is 1.28. The lowest BCUT2D eigenvalue weighted by Crippen LogP contribution is -2.48. The predicted octanol–water partition coefficient (Wildman–Crippen LogP) is 3.70. The predicted molar refractivity (Wildman–Crippen MR) is 95.9 cm³/mol. The molecule has 1 fully saturated rings. The average molecular weight is 421 g/mol. The van der Waals surface area contributed by atoms with E-state index in [0.29, 0.717) is 37.7 Å². The van der Waals surface area contributed by atoms with Crippen LogP contribution in [-0.2, 0) is 19.8 Å². The molecule has 1 aromatic heterocycles. The molecule has 1 aromatic carbocycles. The smallest absolute Gasteiger partial charge is 0.335 e. The van der Waals surface area contributed by atoms with Gasteiger partial charge in [0.05, 0.1) is 0 Å². The Labute approximate surface area is 164 Å². The summed E-state index contributed by atoms with van der Waals surface area (Å²) in [5.74, 6) is -0.553. The second-order valence-electron chi connectivity index (χ2n) is 6.29. The van der Waals surface area contributed by atoms with Gasteiger partial charge in [-0.3, -0.25) is 14.4 Å². The van der Waals surface area contributed by atoms with Crippen LogP contribution >= 0.6 is 23.2 Å². The molecule has 5 nitrogen and oxygen atoms in total. The molecule has 1 aliphatic heterocycles. The summed E-state index contributed by atoms with van der Waals surface area (Å²) >= 11 is 12.0. The van der Waals surface area contributed by atoms with Crippen LogP contribution in [0.4, 0.5) is 13.2 Å². The number of hydrogen-bond donors (Lipinski definition) is 0. The molecule has 146 valence electrons. The van der Waals surface area contributed by atoms with Crippen molar-refractivity contribution < 1.29 is 18.0 Å². The number of aryl methyl sites for hydroxylation is 1. The van der Waals surface area contributed by atoms with E-state index in [-0.39, 0.29) is 5.69 Å². The summed E-state index contributed by atoms with van der Waals surface area (Å²) in [6.07, 6.45) is -4.71. The van der Waals surface area contributed by atoms with Crippen LogP contribution in [0.5, 0.6) is 0 Å². The highest BCUT2D eigenvalue weighted by Gasteiger charge is 2.40. The number of alkyl halides is 3. The zero-order valence-corrected chi connectivity index (χ0v) is 15.9. The van der Waals surface area contributed by atoms with E-state index in [1.54, 1.807) is 0 Å². The minimum absolute atomic E-state index is 0.247. The Morgan fingerprint density at radius 1 is 1.15 bits per heavy atom. The molecule has 2 heterocycles. The van der Waals surface area contributed by atoms with E-state index in [1.807, 2.05) is 24.3 Å². The first-order chi connectivity index (χ1) is 12.7. The number of amides is 1. The maximum absolute atomic E-state index is 12.9. The summed E-state index contributed by atoms with van der Waals surface area (Å²) < 4.78 is 39.7. The molecule has 1 saturated heterocycles. The number of benzene rings is 1. The molecule has 0 saturated carbocycles. The first-order valence-electron chi connectivity index (χ1n) is 8.23. The van der Waals surface area contributed by atoms with Gasteiger partial charge in [0.15, 0.2) is 5.69 Å². The Kier molecular flexibility index (Phi) is 5.69. The van der Waals surface area contributed by atoms with Gasteiger partial charge in [-0.15, -0.1) is 0 Å². The standard InChI is InChI=1S/C17H17Cl2F3N4O/c1-24-14(13(19)15(23-24)17(20,21)22)16(27)26-8-6-25(7-9-26)10-11-4-2-3-5-12(11)18/h2-5H,6-10H2,1H3. The SMILES string of the molecule is Cn1nc(C(F)(F)F)c(Cl)c1C(=O)N1CCN(Cc2ccccc2Cl)CC1. The molecule has 0 radical (unpaired) electrons. The topological polar surface area (TPSA) is 41.4 Å². The fraction of sp³-hybridized carbons (Fsp3) is 0.412. The lowest BCUT2D eigenvalue weighted by Gasteiger charge is -2.34. The Morgan fingerprint density at radius 2 is 1.78 bits per heavy atom. The minimum atomic E-state index is -4.71. The van der Waals surface area contributed by atoms with Gasteiger partial charge in [0.25, 0.3) is 5.91 Å². The number of nitrogens with zero attached hydrogens (tertiary/aromatic N) is 4. The molecule has 0 N–H and O–H groups in total.